The second-order valence-electron chi connectivity index (χ2n) is 6.06. The fraction of sp³-hybridized carbons (Fsp3) is 0.200. The summed E-state index contributed by atoms with van der Waals surface area (Å²) >= 11 is 0. The topological polar surface area (TPSA) is 64.6 Å². The molecule has 0 bridgehead atoms. The van der Waals surface area contributed by atoms with Gasteiger partial charge in [-0.2, -0.15) is 13.2 Å². The molecule has 3 rings (SSSR count). The van der Waals surface area contributed by atoms with Gasteiger partial charge < -0.3 is 9.47 Å². The SMILES string of the molecule is CCOc1ccc(C(F)(F)F)cc1NS(=O)(=O)c1ccc(OC)c2ccccc12. The number of benzene rings is 3. The van der Waals surface area contributed by atoms with Crippen LogP contribution in [0.2, 0.25) is 0 Å². The molecule has 29 heavy (non-hydrogen) atoms. The molecule has 0 aliphatic rings. The van der Waals surface area contributed by atoms with Gasteiger partial charge in [0.2, 0.25) is 0 Å². The van der Waals surface area contributed by atoms with Crippen molar-refractivity contribution in [3.8, 4) is 11.5 Å². The van der Waals surface area contributed by atoms with Gasteiger partial charge >= 0.3 is 6.18 Å². The normalized spacial score (nSPS) is 12.0. The number of hydrogen-bond acceptors (Lipinski definition) is 4. The molecule has 0 aliphatic heterocycles. The number of fused-ring (bicyclic) bond motifs is 1. The van der Waals surface area contributed by atoms with E-state index in [1.807, 2.05) is 0 Å². The molecule has 154 valence electrons. The number of sulfonamides is 1. The first kappa shape index (κ1) is 20.8. The number of ether oxygens (including phenoxy) is 2. The highest BCUT2D eigenvalue weighted by Gasteiger charge is 2.32. The van der Waals surface area contributed by atoms with Gasteiger partial charge in [-0.3, -0.25) is 4.72 Å². The molecular formula is C20H18F3NO4S. The van der Waals surface area contributed by atoms with Crippen LogP contribution < -0.4 is 14.2 Å². The van der Waals surface area contributed by atoms with Crippen molar-refractivity contribution < 1.29 is 31.1 Å². The fourth-order valence-corrected chi connectivity index (χ4v) is 4.20. The Hall–Kier alpha value is -2.94. The Morgan fingerprint density at radius 3 is 2.24 bits per heavy atom. The highest BCUT2D eigenvalue weighted by atomic mass is 32.2. The summed E-state index contributed by atoms with van der Waals surface area (Å²) in [6.07, 6.45) is -4.63. The summed E-state index contributed by atoms with van der Waals surface area (Å²) in [6.45, 7) is 1.80. The van der Waals surface area contributed by atoms with E-state index in [2.05, 4.69) is 4.72 Å². The predicted molar refractivity (Wildman–Crippen MR) is 104 cm³/mol. The van der Waals surface area contributed by atoms with Crippen LogP contribution in [0.1, 0.15) is 12.5 Å². The lowest BCUT2D eigenvalue weighted by Gasteiger charge is -2.17. The number of hydrogen-bond donors (Lipinski definition) is 1. The maximum Gasteiger partial charge on any atom is 0.416 e. The molecule has 0 radical (unpaired) electrons. The van der Waals surface area contributed by atoms with E-state index in [9.17, 15) is 21.6 Å². The zero-order valence-corrected chi connectivity index (χ0v) is 16.4. The number of methoxy groups -OCH3 is 1. The number of alkyl halides is 3. The fourth-order valence-electron chi connectivity index (χ4n) is 2.92. The van der Waals surface area contributed by atoms with E-state index in [1.165, 1.54) is 19.2 Å². The van der Waals surface area contributed by atoms with Crippen molar-refractivity contribution in [3.05, 3.63) is 60.2 Å². The summed E-state index contributed by atoms with van der Waals surface area (Å²) in [7, 11) is -2.76. The Labute approximate surface area is 166 Å². The highest BCUT2D eigenvalue weighted by molar-refractivity contribution is 7.93. The molecule has 0 spiro atoms. The first-order valence-electron chi connectivity index (χ1n) is 8.60. The van der Waals surface area contributed by atoms with Crippen molar-refractivity contribution in [3.63, 3.8) is 0 Å². The summed E-state index contributed by atoms with van der Waals surface area (Å²) in [4.78, 5) is -0.0891. The molecule has 9 heteroatoms. The van der Waals surface area contributed by atoms with Gasteiger partial charge in [0.05, 0.1) is 29.9 Å². The van der Waals surface area contributed by atoms with Crippen molar-refractivity contribution >= 4 is 26.5 Å². The molecule has 0 aliphatic carbocycles. The number of anilines is 1. The molecule has 0 saturated carbocycles. The molecule has 0 fully saturated rings. The van der Waals surface area contributed by atoms with Crippen LogP contribution in [0.4, 0.5) is 18.9 Å². The molecule has 0 unspecified atom stereocenters. The van der Waals surface area contributed by atoms with E-state index >= 15 is 0 Å². The average Bonchev–Trinajstić information content (AvgIpc) is 2.67. The summed E-state index contributed by atoms with van der Waals surface area (Å²) in [5.74, 6) is 0.482. The molecule has 3 aromatic rings. The molecule has 0 atom stereocenters. The molecule has 0 aromatic heterocycles. The first-order valence-corrected chi connectivity index (χ1v) is 10.1. The summed E-state index contributed by atoms with van der Waals surface area (Å²) in [5.41, 5.74) is -1.28. The summed E-state index contributed by atoms with van der Waals surface area (Å²) in [6, 6.07) is 12.2. The first-order chi connectivity index (χ1) is 13.7. The third kappa shape index (κ3) is 4.24. The van der Waals surface area contributed by atoms with Crippen LogP contribution in [0.25, 0.3) is 10.8 Å². The number of nitrogens with one attached hydrogen (secondary N) is 1. The van der Waals surface area contributed by atoms with Crippen molar-refractivity contribution in [2.24, 2.45) is 0 Å². The van der Waals surface area contributed by atoms with Gasteiger partial charge in [0.25, 0.3) is 10.0 Å². The number of halogens is 3. The molecule has 1 N–H and O–H groups in total. The van der Waals surface area contributed by atoms with Crippen LogP contribution in [0.15, 0.2) is 59.5 Å². The maximum absolute atomic E-state index is 13.1. The molecule has 0 amide bonds. The molecule has 3 aromatic carbocycles. The predicted octanol–water partition coefficient (Wildman–Crippen LogP) is 5.07. The van der Waals surface area contributed by atoms with Crippen molar-refractivity contribution in [1.29, 1.82) is 0 Å². The Morgan fingerprint density at radius 2 is 1.62 bits per heavy atom. The second-order valence-corrected chi connectivity index (χ2v) is 7.71. The van der Waals surface area contributed by atoms with Crippen LogP contribution in [0.5, 0.6) is 11.5 Å². The maximum atomic E-state index is 13.1. The lowest BCUT2D eigenvalue weighted by atomic mass is 10.1. The Balaban J connectivity index is 2.12. The van der Waals surface area contributed by atoms with Crippen LogP contribution in [0, 0.1) is 0 Å². The Morgan fingerprint density at radius 1 is 0.966 bits per heavy atom. The van der Waals surface area contributed by atoms with E-state index in [0.29, 0.717) is 22.6 Å². The number of rotatable bonds is 6. The zero-order chi connectivity index (χ0) is 21.2. The van der Waals surface area contributed by atoms with Gasteiger partial charge in [0.1, 0.15) is 11.5 Å². The van der Waals surface area contributed by atoms with E-state index in [1.54, 1.807) is 31.2 Å². The molecular weight excluding hydrogens is 407 g/mol. The van der Waals surface area contributed by atoms with Crippen LogP contribution >= 0.6 is 0 Å². The third-order valence-electron chi connectivity index (χ3n) is 4.20. The van der Waals surface area contributed by atoms with Crippen molar-refractivity contribution in [2.75, 3.05) is 18.4 Å². The van der Waals surface area contributed by atoms with Crippen molar-refractivity contribution in [1.82, 2.24) is 0 Å². The minimum Gasteiger partial charge on any atom is -0.496 e. The minimum atomic E-state index is -4.63. The average molecular weight is 425 g/mol. The van der Waals surface area contributed by atoms with Crippen molar-refractivity contribution in [2.45, 2.75) is 18.0 Å². The monoisotopic (exact) mass is 425 g/mol. The highest BCUT2D eigenvalue weighted by Crippen LogP contribution is 2.37. The summed E-state index contributed by atoms with van der Waals surface area (Å²) < 4.78 is 78.2. The minimum absolute atomic E-state index is 0.00175. The van der Waals surface area contributed by atoms with E-state index in [0.717, 1.165) is 12.1 Å². The standard InChI is InChI=1S/C20H18F3NO4S/c1-3-28-18-9-8-13(20(21,22)23)12-16(18)24-29(25,26)19-11-10-17(27-2)14-6-4-5-7-15(14)19/h4-12,24H,3H2,1-2H3. The van der Waals surface area contributed by atoms with Gasteiger partial charge in [0.15, 0.2) is 0 Å². The third-order valence-corrected chi connectivity index (χ3v) is 5.63. The Kier molecular flexibility index (Phi) is 5.61. The summed E-state index contributed by atoms with van der Waals surface area (Å²) in [5, 5.41) is 0.941. The van der Waals surface area contributed by atoms with Gasteiger partial charge in [-0.1, -0.05) is 24.3 Å². The van der Waals surface area contributed by atoms with Gasteiger partial charge in [0, 0.05) is 10.8 Å². The van der Waals surface area contributed by atoms with Gasteiger partial charge in [-0.05, 0) is 37.3 Å². The zero-order valence-electron chi connectivity index (χ0n) is 15.6. The van der Waals surface area contributed by atoms with E-state index < -0.39 is 21.8 Å². The molecule has 5 nitrogen and oxygen atoms in total. The van der Waals surface area contributed by atoms with E-state index in [-0.39, 0.29) is 22.9 Å². The second kappa shape index (κ2) is 7.82. The van der Waals surface area contributed by atoms with Gasteiger partial charge in [-0.25, -0.2) is 8.42 Å². The van der Waals surface area contributed by atoms with Crippen LogP contribution in [0.3, 0.4) is 0 Å². The largest absolute Gasteiger partial charge is 0.496 e. The lowest BCUT2D eigenvalue weighted by molar-refractivity contribution is -0.137. The van der Waals surface area contributed by atoms with Crippen LogP contribution in [-0.2, 0) is 16.2 Å². The Bertz CT molecular complexity index is 1140. The van der Waals surface area contributed by atoms with Crippen LogP contribution in [-0.4, -0.2) is 22.1 Å². The molecule has 0 heterocycles. The van der Waals surface area contributed by atoms with Gasteiger partial charge in [-0.15, -0.1) is 0 Å². The smallest absolute Gasteiger partial charge is 0.416 e. The molecule has 0 saturated heterocycles. The van der Waals surface area contributed by atoms with E-state index in [4.69, 9.17) is 9.47 Å². The lowest BCUT2D eigenvalue weighted by Crippen LogP contribution is -2.15. The quantitative estimate of drug-likeness (QED) is 0.599.